The van der Waals surface area contributed by atoms with Gasteiger partial charge in [-0.1, -0.05) is 18.2 Å². The number of likely N-dealkylation sites (N-methyl/N-ethyl adjacent to an activating group) is 1. The minimum Gasteiger partial charge on any atom is -0.340 e. The van der Waals surface area contributed by atoms with E-state index in [9.17, 15) is 18.0 Å². The molecule has 0 bridgehead atoms. The van der Waals surface area contributed by atoms with Crippen LogP contribution in [0.1, 0.15) is 16.8 Å². The van der Waals surface area contributed by atoms with Gasteiger partial charge in [0, 0.05) is 38.8 Å². The van der Waals surface area contributed by atoms with Gasteiger partial charge in [-0.25, -0.2) is 12.7 Å². The Morgan fingerprint density at radius 2 is 1.75 bits per heavy atom. The van der Waals surface area contributed by atoms with Crippen molar-refractivity contribution in [3.63, 3.8) is 0 Å². The molecule has 132 valence electrons. The average molecular weight is 353 g/mol. The van der Waals surface area contributed by atoms with Crippen molar-refractivity contribution < 1.29 is 18.0 Å². The van der Waals surface area contributed by atoms with Gasteiger partial charge in [0.2, 0.25) is 15.9 Å². The highest BCUT2D eigenvalue weighted by atomic mass is 32.2. The van der Waals surface area contributed by atoms with Gasteiger partial charge in [0.25, 0.3) is 5.91 Å². The van der Waals surface area contributed by atoms with Crippen molar-refractivity contribution in [1.82, 2.24) is 14.1 Å². The number of hydrogen-bond acceptors (Lipinski definition) is 4. The van der Waals surface area contributed by atoms with E-state index in [1.165, 1.54) is 15.5 Å². The first kappa shape index (κ1) is 18.4. The van der Waals surface area contributed by atoms with Crippen LogP contribution < -0.4 is 0 Å². The van der Waals surface area contributed by atoms with E-state index < -0.39 is 10.0 Å². The summed E-state index contributed by atoms with van der Waals surface area (Å²) in [6.07, 6.45) is 1.77. The molecule has 0 unspecified atom stereocenters. The zero-order valence-electron chi connectivity index (χ0n) is 14.0. The van der Waals surface area contributed by atoms with E-state index >= 15 is 0 Å². The second kappa shape index (κ2) is 7.76. The number of amides is 2. The van der Waals surface area contributed by atoms with Gasteiger partial charge < -0.3 is 9.80 Å². The smallest absolute Gasteiger partial charge is 0.254 e. The number of carbonyl (C=O) groups is 2. The first-order valence-corrected chi connectivity index (χ1v) is 9.67. The summed E-state index contributed by atoms with van der Waals surface area (Å²) in [7, 11) is -1.65. The van der Waals surface area contributed by atoms with Gasteiger partial charge in [-0.3, -0.25) is 9.59 Å². The fourth-order valence-corrected chi connectivity index (χ4v) is 3.52. The van der Waals surface area contributed by atoms with Crippen LogP contribution >= 0.6 is 0 Å². The highest BCUT2D eigenvalue weighted by Gasteiger charge is 2.25. The van der Waals surface area contributed by atoms with Gasteiger partial charge >= 0.3 is 0 Å². The van der Waals surface area contributed by atoms with E-state index in [1.807, 2.05) is 6.07 Å². The average Bonchev–Trinajstić information content (AvgIpc) is 2.81. The Morgan fingerprint density at radius 3 is 2.38 bits per heavy atom. The zero-order valence-corrected chi connectivity index (χ0v) is 14.8. The molecule has 1 aliphatic rings. The maximum Gasteiger partial charge on any atom is 0.254 e. The lowest BCUT2D eigenvalue weighted by Gasteiger charge is -2.24. The van der Waals surface area contributed by atoms with Crippen LogP contribution in [0.2, 0.25) is 0 Å². The molecule has 0 radical (unpaired) electrons. The molecular weight excluding hydrogens is 330 g/mol. The third-order valence-corrected chi connectivity index (χ3v) is 5.32. The van der Waals surface area contributed by atoms with Crippen LogP contribution in [-0.2, 0) is 14.8 Å². The van der Waals surface area contributed by atoms with Crippen molar-refractivity contribution in [2.45, 2.75) is 6.42 Å². The molecule has 0 atom stereocenters. The van der Waals surface area contributed by atoms with Gasteiger partial charge in [-0.2, -0.15) is 0 Å². The number of nitrogens with zero attached hydrogens (tertiary/aromatic N) is 3. The summed E-state index contributed by atoms with van der Waals surface area (Å²) in [6.45, 7) is 1.53. The molecule has 0 aliphatic carbocycles. The first-order valence-electron chi connectivity index (χ1n) is 7.82. The van der Waals surface area contributed by atoms with Crippen LogP contribution in [0.3, 0.4) is 0 Å². The molecular formula is C16H23N3O4S. The normalized spacial score (nSPS) is 16.5. The maximum atomic E-state index is 12.4. The van der Waals surface area contributed by atoms with Gasteiger partial charge in [-0.15, -0.1) is 0 Å². The minimum atomic E-state index is -3.24. The van der Waals surface area contributed by atoms with E-state index in [0.29, 0.717) is 38.2 Å². The highest BCUT2D eigenvalue weighted by Crippen LogP contribution is 2.08. The molecule has 0 spiro atoms. The molecule has 8 heteroatoms. The van der Waals surface area contributed by atoms with E-state index in [-0.39, 0.29) is 18.4 Å². The first-order chi connectivity index (χ1) is 11.3. The summed E-state index contributed by atoms with van der Waals surface area (Å²) >= 11 is 0. The zero-order chi connectivity index (χ0) is 17.7. The maximum absolute atomic E-state index is 12.4. The summed E-state index contributed by atoms with van der Waals surface area (Å²) in [4.78, 5) is 27.7. The molecule has 24 heavy (non-hydrogen) atoms. The van der Waals surface area contributed by atoms with E-state index in [1.54, 1.807) is 36.2 Å². The van der Waals surface area contributed by atoms with Gasteiger partial charge in [0.05, 0.1) is 12.8 Å². The second-order valence-corrected chi connectivity index (χ2v) is 7.91. The molecule has 1 aliphatic heterocycles. The Hall–Kier alpha value is -1.93. The lowest BCUT2D eigenvalue weighted by Crippen LogP contribution is -2.43. The topological polar surface area (TPSA) is 78.0 Å². The monoisotopic (exact) mass is 353 g/mol. The number of benzene rings is 1. The second-order valence-electron chi connectivity index (χ2n) is 5.92. The van der Waals surface area contributed by atoms with Crippen molar-refractivity contribution in [3.05, 3.63) is 35.9 Å². The SMILES string of the molecule is CN(CC(=O)N1CCCN(S(C)(=O)=O)CC1)C(=O)c1ccccc1. The Labute approximate surface area is 142 Å². The van der Waals surface area contributed by atoms with Crippen molar-refractivity contribution >= 4 is 21.8 Å². The van der Waals surface area contributed by atoms with Crippen molar-refractivity contribution in [2.24, 2.45) is 0 Å². The minimum absolute atomic E-state index is 0.0212. The van der Waals surface area contributed by atoms with Gasteiger partial charge in [-0.05, 0) is 18.6 Å². The molecule has 0 N–H and O–H groups in total. The van der Waals surface area contributed by atoms with Crippen LogP contribution in [-0.4, -0.2) is 80.4 Å². The molecule has 2 amide bonds. The molecule has 1 aromatic rings. The molecule has 0 aromatic heterocycles. The van der Waals surface area contributed by atoms with Crippen molar-refractivity contribution in [3.8, 4) is 0 Å². The van der Waals surface area contributed by atoms with Gasteiger partial charge in [0.15, 0.2) is 0 Å². The predicted molar refractivity (Wildman–Crippen MR) is 91.0 cm³/mol. The summed E-state index contributed by atoms with van der Waals surface area (Å²) < 4.78 is 24.6. The Balaban J connectivity index is 1.93. The molecule has 1 fully saturated rings. The molecule has 1 aromatic carbocycles. The number of hydrogen-bond donors (Lipinski definition) is 0. The Kier molecular flexibility index (Phi) is 5.95. The Bertz CT molecular complexity index is 691. The fraction of sp³-hybridized carbons (Fsp3) is 0.500. The molecule has 0 saturated carbocycles. The van der Waals surface area contributed by atoms with Crippen LogP contribution in [0.25, 0.3) is 0 Å². The largest absolute Gasteiger partial charge is 0.340 e. The quantitative estimate of drug-likeness (QED) is 0.777. The summed E-state index contributed by atoms with van der Waals surface area (Å²) in [5.74, 6) is -0.381. The molecule has 2 rings (SSSR count). The summed E-state index contributed by atoms with van der Waals surface area (Å²) in [5.41, 5.74) is 0.534. The van der Waals surface area contributed by atoms with Crippen LogP contribution in [0.5, 0.6) is 0 Å². The summed E-state index contributed by atoms with van der Waals surface area (Å²) in [5, 5.41) is 0. The third-order valence-electron chi connectivity index (χ3n) is 4.02. The standard InChI is InChI=1S/C16H23N3O4S/c1-17(16(21)14-7-4-3-5-8-14)13-15(20)18-9-6-10-19(12-11-18)24(2,22)23/h3-5,7-8H,6,9-13H2,1-2H3. The molecule has 7 nitrogen and oxygen atoms in total. The van der Waals surface area contributed by atoms with E-state index in [4.69, 9.17) is 0 Å². The number of sulfonamides is 1. The van der Waals surface area contributed by atoms with Gasteiger partial charge in [0.1, 0.15) is 0 Å². The number of carbonyl (C=O) groups excluding carboxylic acids is 2. The number of rotatable bonds is 4. The lowest BCUT2D eigenvalue weighted by atomic mass is 10.2. The molecule has 1 saturated heterocycles. The van der Waals surface area contributed by atoms with Crippen LogP contribution in [0.4, 0.5) is 0 Å². The highest BCUT2D eigenvalue weighted by molar-refractivity contribution is 7.88. The third kappa shape index (κ3) is 4.78. The van der Waals surface area contributed by atoms with Crippen molar-refractivity contribution in [2.75, 3.05) is 46.0 Å². The fourth-order valence-electron chi connectivity index (χ4n) is 2.65. The van der Waals surface area contributed by atoms with Crippen LogP contribution in [0, 0.1) is 0 Å². The van der Waals surface area contributed by atoms with E-state index in [0.717, 1.165) is 0 Å². The lowest BCUT2D eigenvalue weighted by molar-refractivity contribution is -0.131. The van der Waals surface area contributed by atoms with Crippen LogP contribution in [0.15, 0.2) is 30.3 Å². The Morgan fingerprint density at radius 1 is 1.08 bits per heavy atom. The summed E-state index contributed by atoms with van der Waals surface area (Å²) in [6, 6.07) is 8.79. The molecule has 1 heterocycles. The predicted octanol–water partition coefficient (Wildman–Crippen LogP) is 0.253. The van der Waals surface area contributed by atoms with Crippen molar-refractivity contribution in [1.29, 1.82) is 0 Å². The van der Waals surface area contributed by atoms with E-state index in [2.05, 4.69) is 0 Å².